The summed E-state index contributed by atoms with van der Waals surface area (Å²) in [4.78, 5) is 11.3. The molecule has 0 bridgehead atoms. The van der Waals surface area contributed by atoms with Gasteiger partial charge in [0.05, 0.1) is 6.10 Å². The summed E-state index contributed by atoms with van der Waals surface area (Å²) in [5.74, 6) is 7.76. The van der Waals surface area contributed by atoms with Crippen molar-refractivity contribution in [1.29, 1.82) is 0 Å². The molecule has 0 fully saturated rings. The topological polar surface area (TPSA) is 49.3 Å². The molecule has 0 aromatic carbocycles. The van der Waals surface area contributed by atoms with Crippen LogP contribution in [0.25, 0.3) is 0 Å². The molecule has 98 valence electrons. The first-order chi connectivity index (χ1) is 8.56. The number of nitrogens with one attached hydrogen (secondary N) is 1. The molecule has 0 aliphatic heterocycles. The Hall–Kier alpha value is -1.71. The molecule has 0 radical (unpaired) electrons. The number of hydrogen-bond donors (Lipinski definition) is 2. The van der Waals surface area contributed by atoms with Crippen molar-refractivity contribution in [3.8, 4) is 24.2 Å². The summed E-state index contributed by atoms with van der Waals surface area (Å²) in [5.41, 5.74) is 0. The lowest BCUT2D eigenvalue weighted by Gasteiger charge is -2.05. The third-order valence-electron chi connectivity index (χ3n) is 2.13. The first kappa shape index (κ1) is 16.3. The van der Waals surface area contributed by atoms with E-state index in [1.807, 2.05) is 13.8 Å². The average Bonchev–Trinajstić information content (AvgIpc) is 2.32. The predicted octanol–water partition coefficient (Wildman–Crippen LogP) is 1.48. The number of aliphatic hydroxyl groups excluding tert-OH is 1. The molecule has 0 heterocycles. The number of carbonyl (C=O) groups excluding carboxylic acids is 1. The second kappa shape index (κ2) is 10.4. The fraction of sp³-hybridized carbons (Fsp3) is 0.533. The SMILES string of the molecule is C#CC#CCC[C@@H](O)C/C=C\C(=O)NCC(C)C. The average molecular weight is 247 g/mol. The minimum Gasteiger partial charge on any atom is -0.393 e. The van der Waals surface area contributed by atoms with E-state index in [1.54, 1.807) is 6.08 Å². The summed E-state index contributed by atoms with van der Waals surface area (Å²) in [6.07, 6.45) is 9.20. The summed E-state index contributed by atoms with van der Waals surface area (Å²) >= 11 is 0. The minimum atomic E-state index is -0.480. The molecule has 1 atom stereocenters. The molecule has 1 amide bonds. The van der Waals surface area contributed by atoms with Crippen LogP contribution in [0.4, 0.5) is 0 Å². The van der Waals surface area contributed by atoms with E-state index in [-0.39, 0.29) is 5.91 Å². The van der Waals surface area contributed by atoms with Crippen LogP contribution in [0.1, 0.15) is 33.1 Å². The van der Waals surface area contributed by atoms with E-state index in [0.717, 1.165) is 0 Å². The van der Waals surface area contributed by atoms with Crippen LogP contribution in [0.2, 0.25) is 0 Å². The molecule has 18 heavy (non-hydrogen) atoms. The van der Waals surface area contributed by atoms with Crippen molar-refractivity contribution in [2.24, 2.45) is 5.92 Å². The third-order valence-corrected chi connectivity index (χ3v) is 2.13. The van der Waals surface area contributed by atoms with Gasteiger partial charge in [-0.1, -0.05) is 25.8 Å². The first-order valence-corrected chi connectivity index (χ1v) is 6.12. The molecule has 0 saturated heterocycles. The lowest BCUT2D eigenvalue weighted by Crippen LogP contribution is -2.25. The molecular formula is C15H21NO2. The van der Waals surface area contributed by atoms with Gasteiger partial charge >= 0.3 is 0 Å². The second-order valence-corrected chi connectivity index (χ2v) is 4.42. The van der Waals surface area contributed by atoms with E-state index in [4.69, 9.17) is 6.42 Å². The van der Waals surface area contributed by atoms with Crippen LogP contribution in [-0.4, -0.2) is 23.7 Å². The summed E-state index contributed by atoms with van der Waals surface area (Å²) in [6, 6.07) is 0. The normalized spacial score (nSPS) is 11.7. The zero-order chi connectivity index (χ0) is 13.8. The molecule has 0 aliphatic carbocycles. The summed E-state index contributed by atoms with van der Waals surface area (Å²) in [6.45, 7) is 4.73. The van der Waals surface area contributed by atoms with Gasteiger partial charge in [0.25, 0.3) is 0 Å². The van der Waals surface area contributed by atoms with Crippen LogP contribution in [0.5, 0.6) is 0 Å². The van der Waals surface area contributed by atoms with Crippen LogP contribution < -0.4 is 5.32 Å². The quantitative estimate of drug-likeness (QED) is 0.529. The molecule has 0 unspecified atom stereocenters. The molecule has 0 saturated carbocycles. The molecule has 0 aliphatic rings. The Kier molecular flexibility index (Phi) is 9.45. The summed E-state index contributed by atoms with van der Waals surface area (Å²) in [5, 5.41) is 12.3. The third kappa shape index (κ3) is 10.8. The van der Waals surface area contributed by atoms with Crippen molar-refractivity contribution >= 4 is 5.91 Å². The van der Waals surface area contributed by atoms with E-state index in [1.165, 1.54) is 6.08 Å². The van der Waals surface area contributed by atoms with Crippen LogP contribution in [0, 0.1) is 30.1 Å². The molecule has 3 heteroatoms. The number of amides is 1. The maximum Gasteiger partial charge on any atom is 0.243 e. The number of rotatable bonds is 7. The Labute approximate surface area is 110 Å². The van der Waals surface area contributed by atoms with Crippen molar-refractivity contribution in [2.75, 3.05) is 6.54 Å². The molecule has 2 N–H and O–H groups in total. The van der Waals surface area contributed by atoms with Crippen LogP contribution in [-0.2, 0) is 4.79 Å². The molecule has 3 nitrogen and oxygen atoms in total. The fourth-order valence-corrected chi connectivity index (χ4v) is 1.17. The number of aliphatic hydroxyl groups is 1. The van der Waals surface area contributed by atoms with Gasteiger partial charge in [-0.15, -0.1) is 6.42 Å². The molecule has 0 rings (SSSR count). The molecular weight excluding hydrogens is 226 g/mol. The maximum atomic E-state index is 11.3. The van der Waals surface area contributed by atoms with Crippen molar-refractivity contribution in [3.05, 3.63) is 12.2 Å². The lowest BCUT2D eigenvalue weighted by molar-refractivity contribution is -0.116. The monoisotopic (exact) mass is 247 g/mol. The van der Waals surface area contributed by atoms with Gasteiger partial charge in [0.15, 0.2) is 0 Å². The van der Waals surface area contributed by atoms with Crippen molar-refractivity contribution in [2.45, 2.75) is 39.2 Å². The number of hydrogen-bond acceptors (Lipinski definition) is 2. The highest BCUT2D eigenvalue weighted by Gasteiger charge is 2.01. The highest BCUT2D eigenvalue weighted by molar-refractivity contribution is 5.87. The van der Waals surface area contributed by atoms with Gasteiger partial charge in [-0.2, -0.15) is 0 Å². The van der Waals surface area contributed by atoms with Gasteiger partial charge in [-0.25, -0.2) is 0 Å². The predicted molar refractivity (Wildman–Crippen MR) is 73.5 cm³/mol. The Morgan fingerprint density at radius 2 is 2.22 bits per heavy atom. The van der Waals surface area contributed by atoms with Crippen molar-refractivity contribution in [1.82, 2.24) is 5.32 Å². The first-order valence-electron chi connectivity index (χ1n) is 6.12. The van der Waals surface area contributed by atoms with Gasteiger partial charge in [-0.05, 0) is 36.7 Å². The standard InChI is InChI=1S/C15H21NO2/c1-4-5-6-7-9-14(17)10-8-11-15(18)16-12-13(2)3/h1,8,11,13-14,17H,7,9-10,12H2,2-3H3,(H,16,18)/b11-8-/t14-/m1/s1. The van der Waals surface area contributed by atoms with Crippen LogP contribution in [0.3, 0.4) is 0 Å². The van der Waals surface area contributed by atoms with Crippen LogP contribution >= 0.6 is 0 Å². The lowest BCUT2D eigenvalue weighted by atomic mass is 10.1. The molecule has 0 spiro atoms. The van der Waals surface area contributed by atoms with Gasteiger partial charge in [0, 0.05) is 13.0 Å². The Balaban J connectivity index is 3.73. The highest BCUT2D eigenvalue weighted by Crippen LogP contribution is 2.01. The fourth-order valence-electron chi connectivity index (χ4n) is 1.17. The number of terminal acetylenes is 1. The van der Waals surface area contributed by atoms with E-state index in [9.17, 15) is 9.90 Å². The van der Waals surface area contributed by atoms with E-state index in [2.05, 4.69) is 23.1 Å². The Bertz CT molecular complexity index is 366. The van der Waals surface area contributed by atoms with Crippen molar-refractivity contribution in [3.63, 3.8) is 0 Å². The van der Waals surface area contributed by atoms with Gasteiger partial charge in [0.1, 0.15) is 0 Å². The summed E-state index contributed by atoms with van der Waals surface area (Å²) < 4.78 is 0. The number of carbonyl (C=O) groups is 1. The zero-order valence-corrected chi connectivity index (χ0v) is 11.1. The zero-order valence-electron chi connectivity index (χ0n) is 11.1. The van der Waals surface area contributed by atoms with Gasteiger partial charge in [0.2, 0.25) is 5.91 Å². The molecule has 0 aromatic rings. The molecule has 0 aromatic heterocycles. The van der Waals surface area contributed by atoms with Gasteiger partial charge < -0.3 is 10.4 Å². The van der Waals surface area contributed by atoms with Crippen LogP contribution in [0.15, 0.2) is 12.2 Å². The van der Waals surface area contributed by atoms with E-state index < -0.39 is 6.10 Å². The summed E-state index contributed by atoms with van der Waals surface area (Å²) in [7, 11) is 0. The van der Waals surface area contributed by atoms with E-state index >= 15 is 0 Å². The largest absolute Gasteiger partial charge is 0.393 e. The Morgan fingerprint density at radius 1 is 1.50 bits per heavy atom. The van der Waals surface area contributed by atoms with Crippen molar-refractivity contribution < 1.29 is 9.90 Å². The Morgan fingerprint density at radius 3 is 2.83 bits per heavy atom. The van der Waals surface area contributed by atoms with Gasteiger partial charge in [-0.3, -0.25) is 4.79 Å². The highest BCUT2D eigenvalue weighted by atomic mass is 16.3. The van der Waals surface area contributed by atoms with E-state index in [0.29, 0.717) is 31.7 Å². The minimum absolute atomic E-state index is 0.122. The smallest absolute Gasteiger partial charge is 0.243 e. The maximum absolute atomic E-state index is 11.3. The second-order valence-electron chi connectivity index (χ2n) is 4.42.